The SMILES string of the molecule is CCCCN(C)C(=O)c1cc2cccc(F)c2oc1=O. The molecule has 1 amide bonds. The van der Waals surface area contributed by atoms with Crippen molar-refractivity contribution in [1.29, 1.82) is 0 Å². The third-order valence-corrected chi connectivity index (χ3v) is 3.14. The third kappa shape index (κ3) is 2.71. The molecule has 0 saturated carbocycles. The topological polar surface area (TPSA) is 50.5 Å². The molecule has 2 aromatic rings. The highest BCUT2D eigenvalue weighted by molar-refractivity contribution is 5.96. The molecule has 0 aliphatic heterocycles. The van der Waals surface area contributed by atoms with Crippen LogP contribution in [-0.2, 0) is 0 Å². The van der Waals surface area contributed by atoms with E-state index in [0.29, 0.717) is 11.9 Å². The van der Waals surface area contributed by atoms with E-state index < -0.39 is 17.3 Å². The molecule has 20 heavy (non-hydrogen) atoms. The van der Waals surface area contributed by atoms with Crippen LogP contribution in [0.2, 0.25) is 0 Å². The summed E-state index contributed by atoms with van der Waals surface area (Å²) in [4.78, 5) is 25.5. The first kappa shape index (κ1) is 14.2. The highest BCUT2D eigenvalue weighted by Gasteiger charge is 2.18. The lowest BCUT2D eigenvalue weighted by atomic mass is 10.1. The molecule has 0 radical (unpaired) electrons. The first-order chi connectivity index (χ1) is 9.54. The molecular formula is C15H16FNO3. The first-order valence-corrected chi connectivity index (χ1v) is 6.52. The number of amides is 1. The summed E-state index contributed by atoms with van der Waals surface area (Å²) in [5.41, 5.74) is -0.997. The van der Waals surface area contributed by atoms with Crippen molar-refractivity contribution in [1.82, 2.24) is 4.90 Å². The van der Waals surface area contributed by atoms with Gasteiger partial charge in [-0.15, -0.1) is 0 Å². The largest absolute Gasteiger partial charge is 0.419 e. The molecule has 0 aliphatic carbocycles. The van der Waals surface area contributed by atoms with Crippen LogP contribution in [0, 0.1) is 5.82 Å². The molecule has 1 aromatic heterocycles. The molecule has 4 nitrogen and oxygen atoms in total. The molecule has 0 aliphatic rings. The molecule has 1 aromatic carbocycles. The van der Waals surface area contributed by atoms with Crippen LogP contribution in [0.15, 0.2) is 33.5 Å². The maximum absolute atomic E-state index is 13.5. The van der Waals surface area contributed by atoms with Crippen LogP contribution in [0.1, 0.15) is 30.1 Å². The Morgan fingerprint density at radius 3 is 2.85 bits per heavy atom. The number of nitrogens with zero attached hydrogens (tertiary/aromatic N) is 1. The summed E-state index contributed by atoms with van der Waals surface area (Å²) in [7, 11) is 1.63. The summed E-state index contributed by atoms with van der Waals surface area (Å²) in [5, 5.41) is 0.400. The van der Waals surface area contributed by atoms with E-state index in [1.165, 1.54) is 23.1 Å². The van der Waals surface area contributed by atoms with Crippen LogP contribution in [0.4, 0.5) is 4.39 Å². The maximum Gasteiger partial charge on any atom is 0.349 e. The summed E-state index contributed by atoms with van der Waals surface area (Å²) in [6, 6.07) is 5.70. The zero-order chi connectivity index (χ0) is 14.7. The fourth-order valence-corrected chi connectivity index (χ4v) is 1.96. The van der Waals surface area contributed by atoms with Crippen LogP contribution < -0.4 is 5.63 Å². The van der Waals surface area contributed by atoms with Gasteiger partial charge in [-0.2, -0.15) is 0 Å². The van der Waals surface area contributed by atoms with Gasteiger partial charge >= 0.3 is 5.63 Å². The van der Waals surface area contributed by atoms with Crippen LogP contribution in [0.3, 0.4) is 0 Å². The summed E-state index contributed by atoms with van der Waals surface area (Å²) >= 11 is 0. The number of hydrogen-bond acceptors (Lipinski definition) is 3. The zero-order valence-electron chi connectivity index (χ0n) is 11.5. The number of hydrogen-bond donors (Lipinski definition) is 0. The van der Waals surface area contributed by atoms with Crippen LogP contribution in [0.25, 0.3) is 11.0 Å². The normalized spacial score (nSPS) is 10.8. The molecule has 0 bridgehead atoms. The Kier molecular flexibility index (Phi) is 4.17. The number of carbonyl (C=O) groups is 1. The highest BCUT2D eigenvalue weighted by atomic mass is 19.1. The van der Waals surface area contributed by atoms with Crippen molar-refractivity contribution in [3.8, 4) is 0 Å². The van der Waals surface area contributed by atoms with Gasteiger partial charge in [0, 0.05) is 19.0 Å². The van der Waals surface area contributed by atoms with Gasteiger partial charge in [-0.25, -0.2) is 9.18 Å². The van der Waals surface area contributed by atoms with Crippen molar-refractivity contribution in [2.75, 3.05) is 13.6 Å². The minimum absolute atomic E-state index is 0.0679. The molecule has 106 valence electrons. The predicted molar refractivity (Wildman–Crippen MR) is 74.3 cm³/mol. The average molecular weight is 277 g/mol. The quantitative estimate of drug-likeness (QED) is 0.807. The third-order valence-electron chi connectivity index (χ3n) is 3.14. The Bertz CT molecular complexity index is 693. The number of unbranched alkanes of at least 4 members (excludes halogenated alkanes) is 1. The van der Waals surface area contributed by atoms with Gasteiger partial charge in [0.05, 0.1) is 0 Å². The lowest BCUT2D eigenvalue weighted by Crippen LogP contribution is -2.31. The lowest BCUT2D eigenvalue weighted by molar-refractivity contribution is 0.0789. The molecule has 0 saturated heterocycles. The molecule has 0 unspecified atom stereocenters. The second-order valence-corrected chi connectivity index (χ2v) is 4.69. The van der Waals surface area contributed by atoms with Gasteiger partial charge in [0.2, 0.25) is 0 Å². The molecule has 5 heteroatoms. The second kappa shape index (κ2) is 5.86. The number of fused-ring (bicyclic) bond motifs is 1. The summed E-state index contributed by atoms with van der Waals surface area (Å²) in [5.74, 6) is -1.02. The average Bonchev–Trinajstić information content (AvgIpc) is 2.44. The Balaban J connectivity index is 2.42. The van der Waals surface area contributed by atoms with Crippen molar-refractivity contribution < 1.29 is 13.6 Å². The summed E-state index contributed by atoms with van der Waals surface area (Å²) in [6.07, 6.45) is 1.81. The van der Waals surface area contributed by atoms with Gasteiger partial charge < -0.3 is 9.32 Å². The molecular weight excluding hydrogens is 261 g/mol. The minimum atomic E-state index is -0.809. The van der Waals surface area contributed by atoms with Gasteiger partial charge in [0.1, 0.15) is 5.56 Å². The van der Waals surface area contributed by atoms with Crippen LogP contribution in [0.5, 0.6) is 0 Å². The van der Waals surface area contributed by atoms with Gasteiger partial charge in [0.25, 0.3) is 5.91 Å². The van der Waals surface area contributed by atoms with E-state index in [1.807, 2.05) is 6.92 Å². The maximum atomic E-state index is 13.5. The Morgan fingerprint density at radius 1 is 1.40 bits per heavy atom. The molecule has 0 spiro atoms. The first-order valence-electron chi connectivity index (χ1n) is 6.52. The van der Waals surface area contributed by atoms with Crippen molar-refractivity contribution in [3.63, 3.8) is 0 Å². The molecule has 1 heterocycles. The van der Waals surface area contributed by atoms with Crippen molar-refractivity contribution in [2.45, 2.75) is 19.8 Å². The number of halogens is 1. The van der Waals surface area contributed by atoms with Gasteiger partial charge in [-0.3, -0.25) is 4.79 Å². The van der Waals surface area contributed by atoms with E-state index in [-0.39, 0.29) is 11.1 Å². The van der Waals surface area contributed by atoms with E-state index in [9.17, 15) is 14.0 Å². The Labute approximate surface area is 115 Å². The molecule has 2 rings (SSSR count). The van der Waals surface area contributed by atoms with E-state index in [2.05, 4.69) is 0 Å². The van der Waals surface area contributed by atoms with Crippen LogP contribution >= 0.6 is 0 Å². The van der Waals surface area contributed by atoms with Crippen molar-refractivity contribution in [3.05, 3.63) is 46.1 Å². The number of rotatable bonds is 4. The highest BCUT2D eigenvalue weighted by Crippen LogP contribution is 2.17. The predicted octanol–water partition coefficient (Wildman–Crippen LogP) is 2.80. The Morgan fingerprint density at radius 2 is 2.15 bits per heavy atom. The summed E-state index contributed by atoms with van der Waals surface area (Å²) < 4.78 is 18.4. The molecule has 0 atom stereocenters. The van der Waals surface area contributed by atoms with Crippen molar-refractivity contribution in [2.24, 2.45) is 0 Å². The zero-order valence-corrected chi connectivity index (χ0v) is 11.5. The van der Waals surface area contributed by atoms with Gasteiger partial charge in [0.15, 0.2) is 11.4 Å². The van der Waals surface area contributed by atoms with E-state index in [1.54, 1.807) is 13.1 Å². The molecule has 0 N–H and O–H groups in total. The molecule has 0 fully saturated rings. The fourth-order valence-electron chi connectivity index (χ4n) is 1.96. The number of para-hydroxylation sites is 1. The number of carbonyl (C=O) groups excluding carboxylic acids is 1. The van der Waals surface area contributed by atoms with E-state index >= 15 is 0 Å². The smallest absolute Gasteiger partial charge is 0.349 e. The van der Waals surface area contributed by atoms with Gasteiger partial charge in [-0.05, 0) is 18.6 Å². The van der Waals surface area contributed by atoms with Gasteiger partial charge in [-0.1, -0.05) is 25.5 Å². The summed E-state index contributed by atoms with van der Waals surface area (Å²) in [6.45, 7) is 2.58. The van der Waals surface area contributed by atoms with Crippen LogP contribution in [-0.4, -0.2) is 24.4 Å². The lowest BCUT2D eigenvalue weighted by Gasteiger charge is -2.16. The standard InChI is InChI=1S/C15H16FNO3/c1-3-4-8-17(2)14(18)11-9-10-6-5-7-12(16)13(10)20-15(11)19/h5-7,9H,3-4,8H2,1-2H3. The number of benzene rings is 1. The van der Waals surface area contributed by atoms with E-state index in [4.69, 9.17) is 4.42 Å². The van der Waals surface area contributed by atoms with E-state index in [0.717, 1.165) is 12.8 Å². The van der Waals surface area contributed by atoms with Crippen molar-refractivity contribution >= 4 is 16.9 Å². The monoisotopic (exact) mass is 277 g/mol. The fraction of sp³-hybridized carbons (Fsp3) is 0.333. The Hall–Kier alpha value is -2.17. The minimum Gasteiger partial charge on any atom is -0.419 e. The second-order valence-electron chi connectivity index (χ2n) is 4.69.